The number of aryl methyl sites for hydroxylation is 3. The second-order valence-electron chi connectivity index (χ2n) is 36.1. The maximum absolute atomic E-state index is 12.1. The average Bonchev–Trinajstić information content (AvgIpc) is 1.66. The van der Waals surface area contributed by atoms with Gasteiger partial charge in [0.15, 0.2) is 0 Å². The molecule has 0 radical (unpaired) electrons. The molecule has 0 spiro atoms. The molecular formula is C108H115Cl3N3NaO12S4. The second-order valence-corrected chi connectivity index (χ2v) is 41.7. The van der Waals surface area contributed by atoms with Gasteiger partial charge in [0.1, 0.15) is 6.10 Å². The van der Waals surface area contributed by atoms with Crippen LogP contribution in [0.5, 0.6) is 0 Å². The molecule has 0 amide bonds. The molecule has 9 aromatic carbocycles. The van der Waals surface area contributed by atoms with Gasteiger partial charge in [0.25, 0.3) is 10.1 Å². The molecule has 0 aliphatic heterocycles. The van der Waals surface area contributed by atoms with Gasteiger partial charge in [0, 0.05) is 53.4 Å². The number of pyridine rings is 3. The summed E-state index contributed by atoms with van der Waals surface area (Å²) in [5.74, 6) is 1.33. The molecule has 3 aliphatic carbocycles. The SMILES string of the molecule is CC(C)(O)c1ccccc1CC[C@H](OS(C)(=O)=O)c1cccc(/C=C/c2ccc3ccc(Cl)cc3n2)c1.CC(C)(O)c1ccccc1CC[C@H](SCC1(CC(=O)[O-])CC1)c1cccc(/C=C/c2ccc3ccc(Cl)cc3n2)c1.COC(=O)CC1(CS)CC1.COC(=O)CC1(CS[C@@H](CCc2ccccc2C(C)(C)O)c2cccc(/C=C/c3ccc4ccc(Cl)cc4n3)c2)CC1.[Na+]. The minimum Gasteiger partial charge on any atom is -0.550 e. The minimum absolute atomic E-state index is 0. The molecular weight excluding hydrogens is 1790 g/mol. The van der Waals surface area contributed by atoms with Crippen LogP contribution in [0.1, 0.15) is 219 Å². The van der Waals surface area contributed by atoms with Crippen molar-refractivity contribution in [3.63, 3.8) is 0 Å². The number of carboxylic acids is 1. The molecule has 3 fully saturated rings. The number of carbonyl (C=O) groups is 3. The zero-order chi connectivity index (χ0) is 93.0. The van der Waals surface area contributed by atoms with E-state index in [1.165, 1.54) is 30.9 Å². The molecule has 0 bridgehead atoms. The van der Waals surface area contributed by atoms with Crippen LogP contribution in [0.4, 0.5) is 0 Å². The van der Waals surface area contributed by atoms with Crippen molar-refractivity contribution in [1.29, 1.82) is 0 Å². The number of carbonyl (C=O) groups excluding carboxylic acids is 3. The van der Waals surface area contributed by atoms with E-state index in [-0.39, 0.29) is 74.7 Å². The first-order valence-electron chi connectivity index (χ1n) is 44.0. The summed E-state index contributed by atoms with van der Waals surface area (Å²) in [6.45, 7) is 10.8. The van der Waals surface area contributed by atoms with Gasteiger partial charge in [-0.2, -0.15) is 44.6 Å². The summed E-state index contributed by atoms with van der Waals surface area (Å²) in [6.07, 6.45) is 24.3. The summed E-state index contributed by atoms with van der Waals surface area (Å²) in [4.78, 5) is 48.4. The Morgan fingerprint density at radius 1 is 0.443 bits per heavy atom. The number of aromatic nitrogens is 3. The number of aliphatic hydroxyl groups is 3. The number of thioether (sulfide) groups is 2. The molecule has 3 heterocycles. The van der Waals surface area contributed by atoms with Crippen LogP contribution in [0.3, 0.4) is 0 Å². The molecule has 3 saturated carbocycles. The molecule has 131 heavy (non-hydrogen) atoms. The first-order valence-corrected chi connectivity index (χ1v) is 49.6. The van der Waals surface area contributed by atoms with Crippen LogP contribution in [-0.4, -0.2) is 94.3 Å². The quantitative estimate of drug-likeness (QED) is 0.0124. The Morgan fingerprint density at radius 3 is 1.09 bits per heavy atom. The third-order valence-electron chi connectivity index (χ3n) is 24.0. The molecule has 15 rings (SSSR count). The number of benzene rings is 9. The van der Waals surface area contributed by atoms with Crippen molar-refractivity contribution in [2.75, 3.05) is 37.7 Å². The van der Waals surface area contributed by atoms with E-state index >= 15 is 0 Å². The average molecular weight is 1900 g/mol. The fraction of sp³-hybridized carbons (Fsp3) is 0.333. The van der Waals surface area contributed by atoms with E-state index in [0.717, 1.165) is 188 Å². The van der Waals surface area contributed by atoms with Crippen molar-refractivity contribution in [3.8, 4) is 0 Å². The number of nitrogens with zero attached hydrogens (tertiary/aromatic N) is 3. The Hall–Kier alpha value is -8.45. The number of ether oxygens (including phenoxy) is 2. The van der Waals surface area contributed by atoms with Crippen LogP contribution in [0, 0.1) is 16.2 Å². The summed E-state index contributed by atoms with van der Waals surface area (Å²) in [5, 5.41) is 48.9. The van der Waals surface area contributed by atoms with Gasteiger partial charge in [-0.3, -0.25) is 13.8 Å². The van der Waals surface area contributed by atoms with Crippen LogP contribution in [0.2, 0.25) is 15.1 Å². The Kier molecular flexibility index (Phi) is 36.7. The fourth-order valence-electron chi connectivity index (χ4n) is 16.1. The van der Waals surface area contributed by atoms with E-state index in [1.54, 1.807) is 13.8 Å². The second kappa shape index (κ2) is 46.7. The van der Waals surface area contributed by atoms with E-state index in [9.17, 15) is 43.2 Å². The summed E-state index contributed by atoms with van der Waals surface area (Å²) in [7, 11) is -0.799. The third-order valence-corrected chi connectivity index (χ3v) is 29.3. The summed E-state index contributed by atoms with van der Waals surface area (Å²) in [5.41, 5.74) is 14.7. The van der Waals surface area contributed by atoms with Crippen LogP contribution in [-0.2, 0) is 74.2 Å². The fourth-order valence-corrected chi connectivity index (χ4v) is 20.7. The van der Waals surface area contributed by atoms with Crippen molar-refractivity contribution >= 4 is 168 Å². The maximum atomic E-state index is 12.1. The largest absolute Gasteiger partial charge is 1.00 e. The molecule has 12 aromatic rings. The monoisotopic (exact) mass is 1900 g/mol. The molecule has 3 aliphatic rings. The predicted molar refractivity (Wildman–Crippen MR) is 537 cm³/mol. The molecule has 680 valence electrons. The molecule has 3 N–H and O–H groups in total. The van der Waals surface area contributed by atoms with Gasteiger partial charge in [0.05, 0.1) is 83.8 Å². The van der Waals surface area contributed by atoms with Gasteiger partial charge in [-0.1, -0.05) is 229 Å². The van der Waals surface area contributed by atoms with Crippen LogP contribution >= 0.6 is 71.0 Å². The molecule has 15 nitrogen and oxygen atoms in total. The normalized spacial score (nSPS) is 15.0. The van der Waals surface area contributed by atoms with Crippen molar-refractivity contribution in [2.24, 2.45) is 16.2 Å². The summed E-state index contributed by atoms with van der Waals surface area (Å²) in [6, 6.07) is 77.9. The number of halogens is 3. The topological polar surface area (TPSA) is 235 Å². The number of hydrogen-bond acceptors (Lipinski definition) is 18. The number of thiol groups is 1. The van der Waals surface area contributed by atoms with Gasteiger partial charge < -0.3 is 34.7 Å². The molecule has 0 saturated heterocycles. The van der Waals surface area contributed by atoms with Gasteiger partial charge >= 0.3 is 41.5 Å². The Bertz CT molecular complexity index is 6180. The maximum Gasteiger partial charge on any atom is 1.00 e. The molecule has 0 unspecified atom stereocenters. The number of rotatable bonds is 36. The van der Waals surface area contributed by atoms with Crippen LogP contribution in [0.15, 0.2) is 237 Å². The van der Waals surface area contributed by atoms with Crippen molar-refractivity contribution in [1.82, 2.24) is 15.0 Å². The van der Waals surface area contributed by atoms with Crippen molar-refractivity contribution in [2.45, 2.75) is 171 Å². The minimum atomic E-state index is -3.70. The number of methoxy groups -OCH3 is 2. The van der Waals surface area contributed by atoms with Gasteiger partial charge in [-0.25, -0.2) is 15.0 Å². The number of esters is 2. The summed E-state index contributed by atoms with van der Waals surface area (Å²) >= 11 is 26.4. The molecule has 3 aromatic heterocycles. The first kappa shape index (κ1) is 103. The van der Waals surface area contributed by atoms with Gasteiger partial charge in [-0.05, 0) is 298 Å². The van der Waals surface area contributed by atoms with E-state index in [0.29, 0.717) is 40.8 Å². The van der Waals surface area contributed by atoms with Gasteiger partial charge in [-0.15, -0.1) is 0 Å². The standard InChI is InChI=1S/C36H38ClNO3S.C35H36ClNO3S.C30H30ClNO4S.C7H12O2S.Na/c1-35(2,40)31-10-5-4-8-26(31)14-18-33(42-24-36(19-20-36)23-34(39)41-3)28-9-6-7-25(21-28)11-16-30-17-13-27-12-15-29(37)22-32(27)38-30;1-34(2,40)30-9-4-3-7-25(30)13-17-32(41-23-35(18-19-35)22-33(38)39)27-8-5-6-24(20-27)10-15-29-16-12-26-11-14-28(36)21-31(26)37-29;1-30(2,33)27-10-5-4-8-22(27)14-18-29(36-37(3,34)35)24-9-6-7-21(19-24)11-16-26-17-13-23-12-15-25(31)20-28(23)32-26;1-9-6(8)4-7(5-10)2-3-7;/h4-13,15-17,21-22,33,40H,14,18-20,23-24H2,1-3H3;3-12,14-16,20-21,32,40H,13,17-19,22-23H2,1-2H3,(H,38,39);4-13,15-17,19-20,29,33H,14,18H2,1-3H3;10H,2-5H2,1H3;/q;;;;+1/p-1/b16-11+;15-10+;16-11+;;/t33-;32-;29-;;/m000../s1. The zero-order valence-electron chi connectivity index (χ0n) is 76.1. The van der Waals surface area contributed by atoms with Crippen LogP contribution < -0.4 is 34.7 Å². The van der Waals surface area contributed by atoms with Crippen LogP contribution in [0.25, 0.3) is 69.2 Å². The smallest absolute Gasteiger partial charge is 0.550 e. The zero-order valence-corrected chi connectivity index (χ0v) is 83.7. The third kappa shape index (κ3) is 31.6. The van der Waals surface area contributed by atoms with E-state index in [2.05, 4.69) is 101 Å². The number of carboxylic acid groups (broad SMARTS) is 1. The molecule has 23 heteroatoms. The van der Waals surface area contributed by atoms with Crippen molar-refractivity contribution in [3.05, 3.63) is 335 Å². The van der Waals surface area contributed by atoms with Gasteiger partial charge in [0.2, 0.25) is 0 Å². The Balaban J connectivity index is 0.000000179. The number of hydrogen-bond donors (Lipinski definition) is 4. The number of fused-ring (bicyclic) bond motifs is 3. The Morgan fingerprint density at radius 2 is 0.763 bits per heavy atom. The Labute approximate surface area is 823 Å². The number of aliphatic carboxylic acids is 1. The first-order chi connectivity index (χ1) is 61.9. The van der Waals surface area contributed by atoms with E-state index < -0.39 is 39.0 Å². The van der Waals surface area contributed by atoms with E-state index in [4.69, 9.17) is 53.7 Å². The van der Waals surface area contributed by atoms with Crippen molar-refractivity contribution < 1.29 is 86.4 Å². The summed E-state index contributed by atoms with van der Waals surface area (Å²) < 4.78 is 39.2. The molecule has 3 atom stereocenters. The predicted octanol–water partition coefficient (Wildman–Crippen LogP) is 21.8. The van der Waals surface area contributed by atoms with E-state index in [1.807, 2.05) is 245 Å².